The highest BCUT2D eigenvalue weighted by molar-refractivity contribution is 4.73. The van der Waals surface area contributed by atoms with Gasteiger partial charge in [0.1, 0.15) is 0 Å². The van der Waals surface area contributed by atoms with Gasteiger partial charge in [-0.3, -0.25) is 0 Å². The first kappa shape index (κ1) is 10.0. The largest absolute Gasteiger partial charge is 0.314 e. The molecule has 2 unspecified atom stereocenters. The second-order valence-electron chi connectivity index (χ2n) is 4.17. The first-order valence-corrected chi connectivity index (χ1v) is 5.14. The second-order valence-corrected chi connectivity index (χ2v) is 4.17. The van der Waals surface area contributed by atoms with Gasteiger partial charge >= 0.3 is 0 Å². The summed E-state index contributed by atoms with van der Waals surface area (Å²) >= 11 is 0. The molecule has 1 fully saturated rings. The van der Waals surface area contributed by atoms with E-state index in [1.165, 1.54) is 32.5 Å². The molecule has 1 heterocycles. The Labute approximate surface area is 76.3 Å². The van der Waals surface area contributed by atoms with Gasteiger partial charge in [0.15, 0.2) is 0 Å². The molecule has 2 nitrogen and oxygen atoms in total. The van der Waals surface area contributed by atoms with Crippen LogP contribution in [0.5, 0.6) is 0 Å². The Hall–Kier alpha value is -0.0800. The fraction of sp³-hybridized carbons (Fsp3) is 1.00. The van der Waals surface area contributed by atoms with Crippen LogP contribution >= 0.6 is 0 Å². The highest BCUT2D eigenvalue weighted by Gasteiger charge is 2.14. The van der Waals surface area contributed by atoms with Gasteiger partial charge in [-0.2, -0.15) is 0 Å². The van der Waals surface area contributed by atoms with Crippen LogP contribution in [0.1, 0.15) is 26.7 Å². The van der Waals surface area contributed by atoms with Gasteiger partial charge in [-0.05, 0) is 38.9 Å². The molecule has 1 saturated heterocycles. The third-order valence-electron chi connectivity index (χ3n) is 2.73. The van der Waals surface area contributed by atoms with Crippen LogP contribution in [0.4, 0.5) is 0 Å². The van der Waals surface area contributed by atoms with Gasteiger partial charge in [0, 0.05) is 12.6 Å². The van der Waals surface area contributed by atoms with E-state index in [0.29, 0.717) is 0 Å². The summed E-state index contributed by atoms with van der Waals surface area (Å²) in [7, 11) is 2.23. The van der Waals surface area contributed by atoms with E-state index in [9.17, 15) is 0 Å². The average molecular weight is 170 g/mol. The standard InChI is InChI=1S/C10H22N2/c1-4-10-5-6-12(3)8-9(2)7-11-10/h9-11H,4-8H2,1-3H3. The summed E-state index contributed by atoms with van der Waals surface area (Å²) in [6.45, 7) is 8.26. The molecule has 2 atom stereocenters. The van der Waals surface area contributed by atoms with Crippen molar-refractivity contribution in [2.24, 2.45) is 5.92 Å². The predicted octanol–water partition coefficient (Wildman–Crippen LogP) is 1.33. The minimum atomic E-state index is 0.746. The maximum absolute atomic E-state index is 3.61. The highest BCUT2D eigenvalue weighted by Crippen LogP contribution is 2.06. The van der Waals surface area contributed by atoms with Gasteiger partial charge in [-0.15, -0.1) is 0 Å². The second kappa shape index (κ2) is 4.83. The zero-order valence-corrected chi connectivity index (χ0v) is 8.64. The molecule has 0 aromatic heterocycles. The molecule has 0 aromatic carbocycles. The van der Waals surface area contributed by atoms with E-state index in [1.54, 1.807) is 0 Å². The van der Waals surface area contributed by atoms with Crippen LogP contribution in [0, 0.1) is 5.92 Å². The monoisotopic (exact) mass is 170 g/mol. The minimum Gasteiger partial charge on any atom is -0.314 e. The van der Waals surface area contributed by atoms with Crippen molar-refractivity contribution < 1.29 is 0 Å². The van der Waals surface area contributed by atoms with Crippen molar-refractivity contribution in [3.05, 3.63) is 0 Å². The Kier molecular flexibility index (Phi) is 4.02. The van der Waals surface area contributed by atoms with E-state index in [2.05, 4.69) is 31.1 Å². The van der Waals surface area contributed by atoms with Gasteiger partial charge in [-0.1, -0.05) is 13.8 Å². The molecule has 0 amide bonds. The SMILES string of the molecule is CCC1CCN(C)CC(C)CN1. The third kappa shape index (κ3) is 3.11. The molecule has 0 saturated carbocycles. The summed E-state index contributed by atoms with van der Waals surface area (Å²) in [5.41, 5.74) is 0. The molecule has 0 spiro atoms. The molecule has 12 heavy (non-hydrogen) atoms. The Morgan fingerprint density at radius 1 is 1.50 bits per heavy atom. The Bertz CT molecular complexity index is 113. The van der Waals surface area contributed by atoms with Crippen molar-refractivity contribution in [2.75, 3.05) is 26.7 Å². The van der Waals surface area contributed by atoms with E-state index in [1.807, 2.05) is 0 Å². The zero-order valence-electron chi connectivity index (χ0n) is 8.64. The van der Waals surface area contributed by atoms with E-state index in [-0.39, 0.29) is 0 Å². The molecule has 0 aliphatic carbocycles. The van der Waals surface area contributed by atoms with Crippen molar-refractivity contribution >= 4 is 0 Å². The van der Waals surface area contributed by atoms with Crippen LogP contribution in [-0.2, 0) is 0 Å². The Balaban J connectivity index is 2.36. The molecule has 0 radical (unpaired) electrons. The maximum atomic E-state index is 3.61. The maximum Gasteiger partial charge on any atom is 0.00767 e. The van der Waals surface area contributed by atoms with Gasteiger partial charge < -0.3 is 10.2 Å². The van der Waals surface area contributed by atoms with Crippen molar-refractivity contribution in [1.82, 2.24) is 10.2 Å². The summed E-state index contributed by atoms with van der Waals surface area (Å²) in [6.07, 6.45) is 2.57. The molecule has 1 N–H and O–H groups in total. The molecule has 1 aliphatic rings. The first-order chi connectivity index (χ1) is 5.72. The Morgan fingerprint density at radius 3 is 2.92 bits per heavy atom. The lowest BCUT2D eigenvalue weighted by atomic mass is 10.1. The average Bonchev–Trinajstić information content (AvgIpc) is 2.02. The summed E-state index contributed by atoms with van der Waals surface area (Å²) in [4.78, 5) is 2.45. The van der Waals surface area contributed by atoms with Crippen LogP contribution in [0.2, 0.25) is 0 Å². The van der Waals surface area contributed by atoms with Crippen molar-refractivity contribution in [1.29, 1.82) is 0 Å². The number of nitrogens with one attached hydrogen (secondary N) is 1. The minimum absolute atomic E-state index is 0.746. The van der Waals surface area contributed by atoms with E-state index >= 15 is 0 Å². The summed E-state index contributed by atoms with van der Waals surface area (Å²) in [5, 5.41) is 3.61. The fourth-order valence-corrected chi connectivity index (χ4v) is 1.88. The summed E-state index contributed by atoms with van der Waals surface area (Å²) in [5.74, 6) is 0.796. The van der Waals surface area contributed by atoms with Crippen molar-refractivity contribution in [3.8, 4) is 0 Å². The summed E-state index contributed by atoms with van der Waals surface area (Å²) < 4.78 is 0. The topological polar surface area (TPSA) is 15.3 Å². The first-order valence-electron chi connectivity index (χ1n) is 5.14. The molecular formula is C10H22N2. The fourth-order valence-electron chi connectivity index (χ4n) is 1.88. The molecule has 2 heteroatoms. The van der Waals surface area contributed by atoms with Crippen LogP contribution in [-0.4, -0.2) is 37.6 Å². The summed E-state index contributed by atoms with van der Waals surface area (Å²) in [6, 6.07) is 0.746. The van der Waals surface area contributed by atoms with E-state index in [4.69, 9.17) is 0 Å². The van der Waals surface area contributed by atoms with Gasteiger partial charge in [0.05, 0.1) is 0 Å². The van der Waals surface area contributed by atoms with Crippen LogP contribution < -0.4 is 5.32 Å². The lowest BCUT2D eigenvalue weighted by molar-refractivity contribution is 0.232. The molecular weight excluding hydrogens is 148 g/mol. The molecule has 0 aromatic rings. The van der Waals surface area contributed by atoms with Crippen molar-refractivity contribution in [3.63, 3.8) is 0 Å². The predicted molar refractivity (Wildman–Crippen MR) is 53.4 cm³/mol. The lowest BCUT2D eigenvalue weighted by Crippen LogP contribution is -2.41. The highest BCUT2D eigenvalue weighted by atomic mass is 15.1. The van der Waals surface area contributed by atoms with Crippen LogP contribution in [0.3, 0.4) is 0 Å². The lowest BCUT2D eigenvalue weighted by Gasteiger charge is -2.29. The van der Waals surface area contributed by atoms with Crippen LogP contribution in [0.15, 0.2) is 0 Å². The van der Waals surface area contributed by atoms with E-state index < -0.39 is 0 Å². The van der Waals surface area contributed by atoms with Crippen molar-refractivity contribution in [2.45, 2.75) is 32.7 Å². The molecule has 0 bridgehead atoms. The zero-order chi connectivity index (χ0) is 8.97. The molecule has 1 aliphatic heterocycles. The Morgan fingerprint density at radius 2 is 2.25 bits per heavy atom. The smallest absolute Gasteiger partial charge is 0.00767 e. The number of rotatable bonds is 1. The normalized spacial score (nSPS) is 34.2. The molecule has 72 valence electrons. The van der Waals surface area contributed by atoms with Crippen LogP contribution in [0.25, 0.3) is 0 Å². The molecule has 1 rings (SSSR count). The third-order valence-corrected chi connectivity index (χ3v) is 2.73. The quantitative estimate of drug-likeness (QED) is 0.638. The number of hydrogen-bond acceptors (Lipinski definition) is 2. The van der Waals surface area contributed by atoms with Gasteiger partial charge in [0.2, 0.25) is 0 Å². The number of nitrogens with zero attached hydrogens (tertiary/aromatic N) is 1. The van der Waals surface area contributed by atoms with Gasteiger partial charge in [-0.25, -0.2) is 0 Å². The number of hydrogen-bond donors (Lipinski definition) is 1. The van der Waals surface area contributed by atoms with E-state index in [0.717, 1.165) is 12.0 Å². The van der Waals surface area contributed by atoms with Gasteiger partial charge in [0.25, 0.3) is 0 Å².